The monoisotopic (exact) mass is 360 g/mol. The maximum Gasteiger partial charge on any atom is 0.260 e. The van der Waals surface area contributed by atoms with Crippen LogP contribution < -0.4 is 10.8 Å². The average molecular weight is 361 g/mol. The number of amides is 1. The zero-order valence-electron chi connectivity index (χ0n) is 16.0. The first kappa shape index (κ1) is 20.4. The highest BCUT2D eigenvalue weighted by atomic mass is 16.5. The number of para-hydroxylation sites is 2. The largest absolute Gasteiger partial charge is 0.331 e. The van der Waals surface area contributed by atoms with E-state index in [-0.39, 0.29) is 5.91 Å². The predicted octanol–water partition coefficient (Wildman–Crippen LogP) is 3.33. The van der Waals surface area contributed by atoms with Crippen molar-refractivity contribution in [2.75, 3.05) is 6.54 Å². The third-order valence-electron chi connectivity index (χ3n) is 4.88. The number of aromatic nitrogens is 2. The lowest BCUT2D eigenvalue weighted by Crippen LogP contribution is -2.43. The molecule has 1 aromatic heterocycles. The number of rotatable bonds is 12. The number of hydrogen-bond acceptors (Lipinski definition) is 4. The summed E-state index contributed by atoms with van der Waals surface area (Å²) in [5, 5.41) is 12.3. The normalized spacial score (nSPS) is 12.4. The number of hydrogen-bond donors (Lipinski definition) is 3. The third kappa shape index (κ3) is 5.81. The summed E-state index contributed by atoms with van der Waals surface area (Å²) >= 11 is 0. The van der Waals surface area contributed by atoms with Gasteiger partial charge in [-0.2, -0.15) is 0 Å². The van der Waals surface area contributed by atoms with Crippen molar-refractivity contribution in [3.8, 4) is 0 Å². The average Bonchev–Trinajstić information content (AvgIpc) is 2.99. The molecule has 26 heavy (non-hydrogen) atoms. The number of carbonyl (C=O) groups is 1. The fourth-order valence-electron chi connectivity index (χ4n) is 3.28. The van der Waals surface area contributed by atoms with Crippen LogP contribution in [0.2, 0.25) is 0 Å². The van der Waals surface area contributed by atoms with E-state index < -0.39 is 6.04 Å². The number of nitrogens with one attached hydrogen (secondary N) is 2. The molecule has 0 aliphatic heterocycles. The lowest BCUT2D eigenvalue weighted by atomic mass is 10.1. The molecule has 1 heterocycles. The highest BCUT2D eigenvalue weighted by molar-refractivity contribution is 5.80. The van der Waals surface area contributed by atoms with Crippen molar-refractivity contribution >= 4 is 16.9 Å². The fourth-order valence-corrected chi connectivity index (χ4v) is 3.28. The molecule has 0 unspecified atom stereocenters. The molecule has 1 amide bonds. The van der Waals surface area contributed by atoms with Gasteiger partial charge in [-0.05, 0) is 31.5 Å². The van der Waals surface area contributed by atoms with Gasteiger partial charge in [0.15, 0.2) is 0 Å². The van der Waals surface area contributed by atoms with Crippen LogP contribution in [0.25, 0.3) is 11.0 Å². The molecule has 0 saturated heterocycles. The van der Waals surface area contributed by atoms with Crippen molar-refractivity contribution in [2.24, 2.45) is 7.05 Å². The van der Waals surface area contributed by atoms with Crippen LogP contribution in [0.4, 0.5) is 0 Å². The Morgan fingerprint density at radius 1 is 1.19 bits per heavy atom. The van der Waals surface area contributed by atoms with E-state index in [1.165, 1.54) is 32.1 Å². The molecule has 0 aliphatic carbocycles. The molecule has 6 nitrogen and oxygen atoms in total. The molecule has 1 atom stereocenters. The second-order valence-electron chi connectivity index (χ2n) is 6.86. The smallest absolute Gasteiger partial charge is 0.260 e. The molecule has 0 saturated carbocycles. The Hall–Kier alpha value is -1.92. The van der Waals surface area contributed by atoms with Crippen LogP contribution in [0.5, 0.6) is 0 Å². The fraction of sp³-hybridized carbons (Fsp3) is 0.600. The van der Waals surface area contributed by atoms with Gasteiger partial charge in [0.1, 0.15) is 5.82 Å². The lowest BCUT2D eigenvalue weighted by Gasteiger charge is -2.16. The SMILES string of the molecule is CCCCCCCCN[C@@H](CCc1nc2ccccc2n1C)C(=O)NO. The highest BCUT2D eigenvalue weighted by Crippen LogP contribution is 2.16. The summed E-state index contributed by atoms with van der Waals surface area (Å²) in [6.45, 7) is 3.00. The summed E-state index contributed by atoms with van der Waals surface area (Å²) in [5.74, 6) is 0.568. The van der Waals surface area contributed by atoms with Crippen LogP contribution in [-0.2, 0) is 18.3 Å². The number of unbranched alkanes of at least 4 members (excludes halogenated alkanes) is 5. The number of hydroxylamine groups is 1. The molecule has 2 rings (SSSR count). The summed E-state index contributed by atoms with van der Waals surface area (Å²) < 4.78 is 2.07. The Bertz CT molecular complexity index is 684. The Labute approximate surface area is 156 Å². The summed E-state index contributed by atoms with van der Waals surface area (Å²) in [5.41, 5.74) is 3.84. The van der Waals surface area contributed by atoms with Crippen molar-refractivity contribution in [3.63, 3.8) is 0 Å². The molecule has 0 radical (unpaired) electrons. The van der Waals surface area contributed by atoms with Gasteiger partial charge in [-0.25, -0.2) is 10.5 Å². The van der Waals surface area contributed by atoms with E-state index in [1.807, 2.05) is 31.3 Å². The zero-order valence-corrected chi connectivity index (χ0v) is 16.0. The van der Waals surface area contributed by atoms with Crippen LogP contribution in [0, 0.1) is 0 Å². The predicted molar refractivity (Wildman–Crippen MR) is 104 cm³/mol. The molecule has 0 fully saturated rings. The topological polar surface area (TPSA) is 79.2 Å². The van der Waals surface area contributed by atoms with Gasteiger partial charge in [-0.3, -0.25) is 10.0 Å². The van der Waals surface area contributed by atoms with Gasteiger partial charge in [0.05, 0.1) is 17.1 Å². The van der Waals surface area contributed by atoms with Gasteiger partial charge in [0.2, 0.25) is 0 Å². The van der Waals surface area contributed by atoms with Crippen LogP contribution in [0.1, 0.15) is 57.7 Å². The summed E-state index contributed by atoms with van der Waals surface area (Å²) in [6.07, 6.45) is 8.55. The van der Waals surface area contributed by atoms with Crippen molar-refractivity contribution in [1.82, 2.24) is 20.3 Å². The molecular weight excluding hydrogens is 328 g/mol. The maximum absolute atomic E-state index is 11.9. The highest BCUT2D eigenvalue weighted by Gasteiger charge is 2.18. The van der Waals surface area contributed by atoms with E-state index in [0.29, 0.717) is 12.8 Å². The summed E-state index contributed by atoms with van der Waals surface area (Å²) in [7, 11) is 2.00. The molecule has 0 spiro atoms. The number of aryl methyl sites for hydroxylation is 2. The Morgan fingerprint density at radius 3 is 2.65 bits per heavy atom. The van der Waals surface area contributed by atoms with E-state index in [1.54, 1.807) is 5.48 Å². The van der Waals surface area contributed by atoms with Gasteiger partial charge in [-0.1, -0.05) is 51.2 Å². The van der Waals surface area contributed by atoms with Gasteiger partial charge >= 0.3 is 0 Å². The molecule has 0 aliphatic rings. The number of carbonyl (C=O) groups excluding carboxylic acids is 1. The van der Waals surface area contributed by atoms with Crippen LogP contribution in [0.3, 0.4) is 0 Å². The summed E-state index contributed by atoms with van der Waals surface area (Å²) in [4.78, 5) is 16.6. The summed E-state index contributed by atoms with van der Waals surface area (Å²) in [6, 6.07) is 7.60. The van der Waals surface area contributed by atoms with E-state index in [2.05, 4.69) is 21.8 Å². The Balaban J connectivity index is 1.83. The number of imidazole rings is 1. The van der Waals surface area contributed by atoms with Gasteiger partial charge in [-0.15, -0.1) is 0 Å². The minimum absolute atomic E-state index is 0.380. The first-order chi connectivity index (χ1) is 12.7. The standard InChI is InChI=1S/C20H32N4O2/c1-3-4-5-6-7-10-15-21-17(20(25)23-26)13-14-19-22-16-11-8-9-12-18(16)24(19)2/h8-9,11-12,17,21,26H,3-7,10,13-15H2,1-2H3,(H,23,25)/t17-/m0/s1. The minimum atomic E-state index is -0.407. The molecule has 3 N–H and O–H groups in total. The van der Waals surface area contributed by atoms with Crippen LogP contribution in [0.15, 0.2) is 24.3 Å². The molecule has 1 aromatic carbocycles. The third-order valence-corrected chi connectivity index (χ3v) is 4.88. The van der Waals surface area contributed by atoms with E-state index in [4.69, 9.17) is 5.21 Å². The molecule has 0 bridgehead atoms. The second-order valence-corrected chi connectivity index (χ2v) is 6.86. The van der Waals surface area contributed by atoms with Crippen LogP contribution in [-0.4, -0.2) is 33.3 Å². The molecule has 2 aromatic rings. The number of nitrogens with zero attached hydrogens (tertiary/aromatic N) is 2. The molecule has 144 valence electrons. The number of fused-ring (bicyclic) bond motifs is 1. The van der Waals surface area contributed by atoms with Crippen LogP contribution >= 0.6 is 0 Å². The Kier molecular flexibility index (Phi) is 8.58. The van der Waals surface area contributed by atoms with Gasteiger partial charge in [0.25, 0.3) is 5.91 Å². The maximum atomic E-state index is 11.9. The lowest BCUT2D eigenvalue weighted by molar-refractivity contribution is -0.131. The zero-order chi connectivity index (χ0) is 18.8. The van der Waals surface area contributed by atoms with Gasteiger partial charge in [0, 0.05) is 13.5 Å². The van der Waals surface area contributed by atoms with Crippen molar-refractivity contribution in [3.05, 3.63) is 30.1 Å². The van der Waals surface area contributed by atoms with Crippen molar-refractivity contribution < 1.29 is 10.0 Å². The van der Waals surface area contributed by atoms with Crippen molar-refractivity contribution in [2.45, 2.75) is 64.3 Å². The second kappa shape index (κ2) is 10.9. The number of benzene rings is 1. The van der Waals surface area contributed by atoms with Gasteiger partial charge < -0.3 is 9.88 Å². The van der Waals surface area contributed by atoms with E-state index >= 15 is 0 Å². The van der Waals surface area contributed by atoms with E-state index in [0.717, 1.165) is 29.8 Å². The first-order valence-corrected chi connectivity index (χ1v) is 9.75. The van der Waals surface area contributed by atoms with E-state index in [9.17, 15) is 4.79 Å². The first-order valence-electron chi connectivity index (χ1n) is 9.75. The van der Waals surface area contributed by atoms with Crippen molar-refractivity contribution in [1.29, 1.82) is 0 Å². The molecule has 6 heteroatoms. The quantitative estimate of drug-likeness (QED) is 0.308. The Morgan fingerprint density at radius 2 is 1.92 bits per heavy atom. The molecular formula is C20H32N4O2. The minimum Gasteiger partial charge on any atom is -0.331 e.